The van der Waals surface area contributed by atoms with Crippen LogP contribution in [0.3, 0.4) is 0 Å². The molecule has 0 aliphatic rings. The van der Waals surface area contributed by atoms with E-state index in [0.29, 0.717) is 0 Å². The molecule has 0 aromatic heterocycles. The second-order valence-electron chi connectivity index (χ2n) is 3.85. The number of hydrogen-bond donors (Lipinski definition) is 0. The summed E-state index contributed by atoms with van der Waals surface area (Å²) in [7, 11) is 0. The Balaban J connectivity index is 3.04. The molecule has 0 heterocycles. The summed E-state index contributed by atoms with van der Waals surface area (Å²) >= 11 is 6.23. The van der Waals surface area contributed by atoms with E-state index in [-0.39, 0.29) is 0 Å². The van der Waals surface area contributed by atoms with Crippen LogP contribution in [0.25, 0.3) is 0 Å². The molecule has 0 N–H and O–H groups in total. The van der Waals surface area contributed by atoms with E-state index in [9.17, 15) is 0 Å². The minimum absolute atomic E-state index is 0.785. The van der Waals surface area contributed by atoms with E-state index in [1.54, 1.807) is 0 Å². The van der Waals surface area contributed by atoms with Crippen LogP contribution in [0, 0.1) is 0 Å². The first-order valence-corrected chi connectivity index (χ1v) is 12.4. The van der Waals surface area contributed by atoms with Crippen molar-refractivity contribution in [2.45, 2.75) is 50.8 Å². The molecule has 0 fully saturated rings. The average Bonchev–Trinajstić information content (AvgIpc) is 2.01. The van der Waals surface area contributed by atoms with Crippen LogP contribution in [0.1, 0.15) is 45.4 Å². The van der Waals surface area contributed by atoms with Crippen molar-refractivity contribution in [1.82, 2.24) is 0 Å². The van der Waals surface area contributed by atoms with Crippen molar-refractivity contribution in [3.05, 3.63) is 0 Å². The molecule has 0 nitrogen and oxygen atoms in total. The van der Waals surface area contributed by atoms with Gasteiger partial charge in [-0.1, -0.05) is 0 Å². The minimum atomic E-state index is -0.831. The summed E-state index contributed by atoms with van der Waals surface area (Å²) in [6.07, 6.45) is 8.54. The summed E-state index contributed by atoms with van der Waals surface area (Å²) in [6.45, 7) is 6.85. The number of rotatable bonds is 8. The molecule has 0 radical (unpaired) electrons. The molecule has 13 heavy (non-hydrogen) atoms. The molecule has 0 aliphatic carbocycles. The zero-order valence-electron chi connectivity index (χ0n) is 9.21. The van der Waals surface area contributed by atoms with Gasteiger partial charge in [0, 0.05) is 0 Å². The first-order chi connectivity index (χ1) is 6.06. The molecular formula is C10H23PSSe. The third kappa shape index (κ3) is 13.2. The summed E-state index contributed by atoms with van der Waals surface area (Å²) in [5, 5.41) is 1.43. The molecular weight excluding hydrogens is 262 g/mol. The Morgan fingerprint density at radius 1 is 1.00 bits per heavy atom. The van der Waals surface area contributed by atoms with Crippen LogP contribution < -0.4 is 0 Å². The first-order valence-electron chi connectivity index (χ1n) is 5.26. The summed E-state index contributed by atoms with van der Waals surface area (Å²) in [5.41, 5.74) is 0. The average molecular weight is 285 g/mol. The van der Waals surface area contributed by atoms with Gasteiger partial charge in [0.25, 0.3) is 0 Å². The second kappa shape index (κ2) is 8.48. The second-order valence-corrected chi connectivity index (χ2v) is 19.1. The Morgan fingerprint density at radius 2 is 1.54 bits per heavy atom. The summed E-state index contributed by atoms with van der Waals surface area (Å²) < 4.78 is -0.831. The molecule has 0 amide bonds. The van der Waals surface area contributed by atoms with Crippen molar-refractivity contribution in [2.75, 3.05) is 13.3 Å². The van der Waals surface area contributed by atoms with E-state index in [4.69, 9.17) is 11.8 Å². The van der Waals surface area contributed by atoms with E-state index in [0.717, 1.165) is 14.5 Å². The standard InChI is InChI=1S/C10H23PSSe/c1-4-5-6-7-8-9-10-13-11(2,3)12/h4-10H2,1-3H3. The zero-order chi connectivity index (χ0) is 10.2. The molecule has 0 aromatic rings. The molecule has 0 spiro atoms. The van der Waals surface area contributed by atoms with Crippen molar-refractivity contribution >= 4 is 31.0 Å². The van der Waals surface area contributed by atoms with Crippen LogP contribution >= 0.6 is 4.73 Å². The van der Waals surface area contributed by atoms with Gasteiger partial charge in [-0.05, 0) is 0 Å². The van der Waals surface area contributed by atoms with E-state index in [1.807, 2.05) is 0 Å². The van der Waals surface area contributed by atoms with Gasteiger partial charge in [-0.2, -0.15) is 0 Å². The third-order valence-electron chi connectivity index (χ3n) is 1.90. The molecule has 0 atom stereocenters. The molecule has 0 unspecified atom stereocenters. The molecule has 0 saturated heterocycles. The van der Waals surface area contributed by atoms with Crippen LogP contribution in [0.2, 0.25) is 5.32 Å². The monoisotopic (exact) mass is 286 g/mol. The van der Waals surface area contributed by atoms with E-state index in [2.05, 4.69) is 20.3 Å². The predicted octanol–water partition coefficient (Wildman–Crippen LogP) is 4.12. The van der Waals surface area contributed by atoms with Crippen molar-refractivity contribution in [2.24, 2.45) is 0 Å². The molecule has 0 aromatic carbocycles. The summed E-state index contributed by atoms with van der Waals surface area (Å²) in [6, 6.07) is 0. The van der Waals surface area contributed by atoms with Gasteiger partial charge in [-0.25, -0.2) is 0 Å². The first kappa shape index (κ1) is 14.2. The van der Waals surface area contributed by atoms with Gasteiger partial charge in [0.15, 0.2) is 0 Å². The SMILES string of the molecule is CCCCCCCC[Se]P(C)(C)=S. The Kier molecular flexibility index (Phi) is 9.24. The Bertz CT molecular complexity index is 153. The fourth-order valence-electron chi connectivity index (χ4n) is 1.17. The van der Waals surface area contributed by atoms with Gasteiger partial charge in [-0.3, -0.25) is 0 Å². The van der Waals surface area contributed by atoms with Crippen LogP contribution in [-0.4, -0.2) is 27.8 Å². The maximum atomic E-state index is 5.44. The van der Waals surface area contributed by atoms with Gasteiger partial charge in [0.05, 0.1) is 0 Å². The third-order valence-corrected chi connectivity index (χ3v) is 10.0. The van der Waals surface area contributed by atoms with Crippen molar-refractivity contribution in [3.8, 4) is 0 Å². The van der Waals surface area contributed by atoms with Crippen molar-refractivity contribution in [1.29, 1.82) is 0 Å². The molecule has 0 rings (SSSR count). The normalized spacial score (nSPS) is 11.9. The zero-order valence-corrected chi connectivity index (χ0v) is 12.6. The van der Waals surface area contributed by atoms with Crippen molar-refractivity contribution < 1.29 is 0 Å². The fourth-order valence-corrected chi connectivity index (χ4v) is 6.91. The Labute approximate surface area is 95.0 Å². The molecule has 0 aliphatic heterocycles. The summed E-state index contributed by atoms with van der Waals surface area (Å²) in [4.78, 5) is 0. The topological polar surface area (TPSA) is 0 Å². The molecule has 80 valence electrons. The fraction of sp³-hybridized carbons (Fsp3) is 1.00. The molecule has 0 saturated carbocycles. The Hall–Kier alpha value is 1.17. The molecule has 0 bridgehead atoms. The van der Waals surface area contributed by atoms with Gasteiger partial charge < -0.3 is 0 Å². The predicted molar refractivity (Wildman–Crippen MR) is 70.1 cm³/mol. The maximum absolute atomic E-state index is 5.44. The van der Waals surface area contributed by atoms with Crippen LogP contribution in [0.15, 0.2) is 0 Å². The van der Waals surface area contributed by atoms with Crippen LogP contribution in [-0.2, 0) is 11.8 Å². The van der Waals surface area contributed by atoms with E-state index in [1.165, 1.54) is 43.8 Å². The number of hydrogen-bond acceptors (Lipinski definition) is 1. The molecule has 3 heteroatoms. The van der Waals surface area contributed by atoms with E-state index >= 15 is 0 Å². The van der Waals surface area contributed by atoms with Crippen molar-refractivity contribution in [3.63, 3.8) is 0 Å². The van der Waals surface area contributed by atoms with E-state index < -0.39 is 4.73 Å². The van der Waals surface area contributed by atoms with Gasteiger partial charge in [-0.15, -0.1) is 0 Å². The summed E-state index contributed by atoms with van der Waals surface area (Å²) in [5.74, 6) is 0. The van der Waals surface area contributed by atoms with Gasteiger partial charge >= 0.3 is 95.1 Å². The Morgan fingerprint density at radius 3 is 2.08 bits per heavy atom. The number of unbranched alkanes of at least 4 members (excludes halogenated alkanes) is 5. The quantitative estimate of drug-likeness (QED) is 0.367. The van der Waals surface area contributed by atoms with Gasteiger partial charge in [0.2, 0.25) is 0 Å². The van der Waals surface area contributed by atoms with Crippen LogP contribution in [0.5, 0.6) is 0 Å². The van der Waals surface area contributed by atoms with Crippen LogP contribution in [0.4, 0.5) is 0 Å². The van der Waals surface area contributed by atoms with Gasteiger partial charge in [0.1, 0.15) is 0 Å².